The minimum absolute atomic E-state index is 0.199. The van der Waals surface area contributed by atoms with Crippen LogP contribution in [0.3, 0.4) is 0 Å². The zero-order valence-corrected chi connectivity index (χ0v) is 12.5. The number of hydrogen-bond acceptors (Lipinski definition) is 3. The minimum Gasteiger partial charge on any atom is -0.316 e. The normalized spacial score (nSPS) is 12.6. The zero-order valence-electron chi connectivity index (χ0n) is 10.9. The number of benzene rings is 1. The Morgan fingerprint density at radius 2 is 2.21 bits per heavy atom. The van der Waals surface area contributed by atoms with Gasteiger partial charge in [0.2, 0.25) is 0 Å². The van der Waals surface area contributed by atoms with Crippen LogP contribution in [0.1, 0.15) is 16.3 Å². The molecule has 1 unspecified atom stereocenters. The summed E-state index contributed by atoms with van der Waals surface area (Å²) in [4.78, 5) is 4.45. The standard InChI is InChI=1S/C14H16ClFN2S/c1-9-8-19-13(18-9)7-11(17-2)6-10-4-3-5-12(16)14(10)15/h3-5,8,11,17H,6-7H2,1-2H3. The van der Waals surface area contributed by atoms with E-state index in [1.165, 1.54) is 6.07 Å². The van der Waals surface area contributed by atoms with Gasteiger partial charge in [0.25, 0.3) is 0 Å². The van der Waals surface area contributed by atoms with Crippen molar-refractivity contribution in [1.29, 1.82) is 0 Å². The molecule has 0 spiro atoms. The molecule has 0 aliphatic heterocycles. The van der Waals surface area contributed by atoms with E-state index >= 15 is 0 Å². The van der Waals surface area contributed by atoms with E-state index in [9.17, 15) is 4.39 Å². The van der Waals surface area contributed by atoms with Crippen LogP contribution < -0.4 is 5.32 Å². The lowest BCUT2D eigenvalue weighted by Gasteiger charge is -2.15. The lowest BCUT2D eigenvalue weighted by molar-refractivity contribution is 0.551. The molecule has 1 N–H and O–H groups in total. The van der Waals surface area contributed by atoms with Crippen LogP contribution in [0.5, 0.6) is 0 Å². The van der Waals surface area contributed by atoms with Crippen LogP contribution in [0.15, 0.2) is 23.6 Å². The molecule has 0 bridgehead atoms. The second-order valence-electron chi connectivity index (χ2n) is 4.49. The van der Waals surface area contributed by atoms with Gasteiger partial charge in [0.05, 0.1) is 10.0 Å². The summed E-state index contributed by atoms with van der Waals surface area (Å²) in [6, 6.07) is 5.13. The van der Waals surface area contributed by atoms with Crippen molar-refractivity contribution in [2.24, 2.45) is 0 Å². The number of rotatable bonds is 5. The van der Waals surface area contributed by atoms with E-state index in [0.29, 0.717) is 6.42 Å². The molecular formula is C14H16ClFN2S. The first kappa shape index (κ1) is 14.4. The highest BCUT2D eigenvalue weighted by atomic mass is 35.5. The molecule has 0 fully saturated rings. The first-order valence-electron chi connectivity index (χ1n) is 6.11. The minimum atomic E-state index is -0.362. The largest absolute Gasteiger partial charge is 0.316 e. The molecule has 19 heavy (non-hydrogen) atoms. The Morgan fingerprint density at radius 1 is 1.42 bits per heavy atom. The Labute approximate surface area is 121 Å². The molecule has 0 radical (unpaired) electrons. The number of nitrogens with one attached hydrogen (secondary N) is 1. The molecule has 0 aliphatic rings. The summed E-state index contributed by atoms with van der Waals surface area (Å²) < 4.78 is 13.4. The van der Waals surface area contributed by atoms with Gasteiger partial charge in [-0.25, -0.2) is 9.37 Å². The molecule has 1 aromatic carbocycles. The van der Waals surface area contributed by atoms with E-state index in [2.05, 4.69) is 10.3 Å². The van der Waals surface area contributed by atoms with Crippen molar-refractivity contribution in [1.82, 2.24) is 10.3 Å². The maximum Gasteiger partial charge on any atom is 0.142 e. The molecular weight excluding hydrogens is 283 g/mol. The predicted octanol–water partition coefficient (Wildman–Crippen LogP) is 3.62. The van der Waals surface area contributed by atoms with Crippen molar-refractivity contribution in [2.75, 3.05) is 7.05 Å². The van der Waals surface area contributed by atoms with Gasteiger partial charge in [-0.3, -0.25) is 0 Å². The quantitative estimate of drug-likeness (QED) is 0.912. The molecule has 1 atom stereocenters. The Morgan fingerprint density at radius 3 is 2.84 bits per heavy atom. The third-order valence-electron chi connectivity index (χ3n) is 2.99. The Bertz CT molecular complexity index is 556. The second kappa shape index (κ2) is 6.46. The van der Waals surface area contributed by atoms with Gasteiger partial charge in [-0.05, 0) is 32.0 Å². The van der Waals surface area contributed by atoms with E-state index in [1.807, 2.05) is 25.4 Å². The van der Waals surface area contributed by atoms with Crippen LogP contribution in [-0.4, -0.2) is 18.1 Å². The van der Waals surface area contributed by atoms with Gasteiger partial charge in [0.1, 0.15) is 5.82 Å². The van der Waals surface area contributed by atoms with Crippen molar-refractivity contribution in [2.45, 2.75) is 25.8 Å². The van der Waals surface area contributed by atoms with Gasteiger partial charge in [0, 0.05) is 23.5 Å². The van der Waals surface area contributed by atoms with Crippen molar-refractivity contribution in [3.8, 4) is 0 Å². The van der Waals surface area contributed by atoms with Gasteiger partial charge < -0.3 is 5.32 Å². The SMILES string of the molecule is CNC(Cc1nc(C)cs1)Cc1cccc(F)c1Cl. The smallest absolute Gasteiger partial charge is 0.142 e. The van der Waals surface area contributed by atoms with Gasteiger partial charge >= 0.3 is 0 Å². The lowest BCUT2D eigenvalue weighted by atomic mass is 10.0. The van der Waals surface area contributed by atoms with Crippen LogP contribution in [0.4, 0.5) is 4.39 Å². The molecule has 102 valence electrons. The summed E-state index contributed by atoms with van der Waals surface area (Å²) in [5, 5.41) is 6.59. The topological polar surface area (TPSA) is 24.9 Å². The van der Waals surface area contributed by atoms with E-state index in [0.717, 1.165) is 22.7 Å². The first-order valence-corrected chi connectivity index (χ1v) is 7.37. The summed E-state index contributed by atoms with van der Waals surface area (Å²) in [6.07, 6.45) is 1.51. The molecule has 0 saturated carbocycles. The van der Waals surface area contributed by atoms with Gasteiger partial charge in [-0.2, -0.15) is 0 Å². The third-order valence-corrected chi connectivity index (χ3v) is 4.41. The maximum atomic E-state index is 13.4. The molecule has 2 nitrogen and oxygen atoms in total. The Kier molecular flexibility index (Phi) is 4.91. The molecule has 2 rings (SSSR count). The number of thiazole rings is 1. The molecule has 2 aromatic rings. The van der Waals surface area contributed by atoms with Crippen LogP contribution in [-0.2, 0) is 12.8 Å². The van der Waals surface area contributed by atoms with Crippen molar-refractivity contribution in [3.63, 3.8) is 0 Å². The van der Waals surface area contributed by atoms with Crippen molar-refractivity contribution in [3.05, 3.63) is 50.7 Å². The molecule has 0 aliphatic carbocycles. The fraction of sp³-hybridized carbons (Fsp3) is 0.357. The summed E-state index contributed by atoms with van der Waals surface area (Å²) >= 11 is 7.64. The number of nitrogens with zero attached hydrogens (tertiary/aromatic N) is 1. The van der Waals surface area contributed by atoms with E-state index < -0.39 is 0 Å². The van der Waals surface area contributed by atoms with Crippen LogP contribution in [0.2, 0.25) is 5.02 Å². The van der Waals surface area contributed by atoms with Gasteiger partial charge in [-0.15, -0.1) is 11.3 Å². The van der Waals surface area contributed by atoms with Crippen LogP contribution >= 0.6 is 22.9 Å². The Hall–Kier alpha value is -0.970. The van der Waals surface area contributed by atoms with Gasteiger partial charge in [0.15, 0.2) is 0 Å². The number of aryl methyl sites for hydroxylation is 1. The number of halogens is 2. The third kappa shape index (κ3) is 3.75. The fourth-order valence-corrected chi connectivity index (χ4v) is 3.01. The summed E-state index contributed by atoms with van der Waals surface area (Å²) in [5.41, 5.74) is 1.87. The van der Waals surface area contributed by atoms with Crippen molar-refractivity contribution < 1.29 is 4.39 Å². The van der Waals surface area contributed by atoms with Crippen LogP contribution in [0, 0.1) is 12.7 Å². The second-order valence-corrected chi connectivity index (χ2v) is 5.81. The highest BCUT2D eigenvalue weighted by molar-refractivity contribution is 7.09. The Balaban J connectivity index is 2.08. The average Bonchev–Trinajstić information content (AvgIpc) is 2.79. The summed E-state index contributed by atoms with van der Waals surface area (Å²) in [7, 11) is 1.90. The monoisotopic (exact) mass is 298 g/mol. The highest BCUT2D eigenvalue weighted by Gasteiger charge is 2.14. The van der Waals surface area contributed by atoms with E-state index in [-0.39, 0.29) is 16.9 Å². The highest BCUT2D eigenvalue weighted by Crippen LogP contribution is 2.22. The molecule has 0 saturated heterocycles. The molecule has 5 heteroatoms. The van der Waals surface area contributed by atoms with Crippen LogP contribution in [0.25, 0.3) is 0 Å². The van der Waals surface area contributed by atoms with Crippen molar-refractivity contribution >= 4 is 22.9 Å². The lowest BCUT2D eigenvalue weighted by Crippen LogP contribution is -2.30. The zero-order chi connectivity index (χ0) is 13.8. The molecule has 0 amide bonds. The summed E-state index contributed by atoms with van der Waals surface area (Å²) in [5.74, 6) is -0.362. The van der Waals surface area contributed by atoms with Gasteiger partial charge in [-0.1, -0.05) is 23.7 Å². The predicted molar refractivity (Wildman–Crippen MR) is 78.5 cm³/mol. The maximum absolute atomic E-state index is 13.4. The summed E-state index contributed by atoms with van der Waals surface area (Å²) in [6.45, 7) is 1.98. The number of likely N-dealkylation sites (N-methyl/N-ethyl adjacent to an activating group) is 1. The van der Waals surface area contributed by atoms with E-state index in [1.54, 1.807) is 17.4 Å². The molecule has 1 aromatic heterocycles. The number of hydrogen-bond donors (Lipinski definition) is 1. The van der Waals surface area contributed by atoms with E-state index in [4.69, 9.17) is 11.6 Å². The average molecular weight is 299 g/mol. The molecule has 1 heterocycles. The fourth-order valence-electron chi connectivity index (χ4n) is 1.96. The number of aromatic nitrogens is 1. The first-order chi connectivity index (χ1) is 9.10.